The number of hydrogen-bond acceptors (Lipinski definition) is 7. The van der Waals surface area contributed by atoms with Gasteiger partial charge in [-0.3, -0.25) is 0 Å². The first-order valence-electron chi connectivity index (χ1n) is 9.08. The smallest absolute Gasteiger partial charge is 0.243 e. The molecule has 2 aliphatic rings. The van der Waals surface area contributed by atoms with Gasteiger partial charge in [-0.2, -0.15) is 4.31 Å². The Balaban J connectivity index is 1.46. The van der Waals surface area contributed by atoms with Crippen LogP contribution >= 0.6 is 0 Å². The highest BCUT2D eigenvalue weighted by Gasteiger charge is 2.34. The van der Waals surface area contributed by atoms with Crippen molar-refractivity contribution in [3.63, 3.8) is 0 Å². The lowest BCUT2D eigenvalue weighted by Crippen LogP contribution is -2.38. The second kappa shape index (κ2) is 7.12. The van der Waals surface area contributed by atoms with Gasteiger partial charge in [0.1, 0.15) is 0 Å². The molecule has 0 radical (unpaired) electrons. The molecule has 0 atom stereocenters. The lowest BCUT2D eigenvalue weighted by atomic mass is 9.98. The van der Waals surface area contributed by atoms with Crippen LogP contribution in [0, 0.1) is 0 Å². The van der Waals surface area contributed by atoms with Crippen molar-refractivity contribution in [2.24, 2.45) is 0 Å². The molecule has 4 rings (SSSR count). The van der Waals surface area contributed by atoms with Crippen LogP contribution in [-0.2, 0) is 10.0 Å². The van der Waals surface area contributed by atoms with E-state index >= 15 is 0 Å². The summed E-state index contributed by atoms with van der Waals surface area (Å²) in [6.07, 6.45) is 3.56. The molecule has 2 fully saturated rings. The van der Waals surface area contributed by atoms with E-state index in [2.05, 4.69) is 10.2 Å². The van der Waals surface area contributed by atoms with Crippen molar-refractivity contribution in [2.75, 3.05) is 27.3 Å². The molecular formula is C18H23N3O5S. The van der Waals surface area contributed by atoms with E-state index in [1.165, 1.54) is 24.6 Å². The molecule has 146 valence electrons. The van der Waals surface area contributed by atoms with E-state index in [0.717, 1.165) is 18.7 Å². The van der Waals surface area contributed by atoms with Crippen LogP contribution in [0.4, 0.5) is 0 Å². The zero-order chi connectivity index (χ0) is 19.0. The van der Waals surface area contributed by atoms with Gasteiger partial charge in [0.25, 0.3) is 0 Å². The second-order valence-electron chi connectivity index (χ2n) is 6.95. The predicted octanol–water partition coefficient (Wildman–Crippen LogP) is 2.53. The summed E-state index contributed by atoms with van der Waals surface area (Å²) in [7, 11) is -0.589. The summed E-state index contributed by atoms with van der Waals surface area (Å²) in [4.78, 5) is 0.201. The predicted molar refractivity (Wildman–Crippen MR) is 96.6 cm³/mol. The molecule has 2 heterocycles. The molecule has 9 heteroatoms. The van der Waals surface area contributed by atoms with Gasteiger partial charge in [-0.15, -0.1) is 10.2 Å². The minimum absolute atomic E-state index is 0.113. The van der Waals surface area contributed by atoms with Gasteiger partial charge >= 0.3 is 0 Å². The van der Waals surface area contributed by atoms with Gasteiger partial charge in [-0.1, -0.05) is 0 Å². The summed E-state index contributed by atoms with van der Waals surface area (Å²) in [6.45, 7) is 0.838. The van der Waals surface area contributed by atoms with Crippen LogP contribution in [0.25, 0.3) is 0 Å². The zero-order valence-electron chi connectivity index (χ0n) is 15.4. The Hall–Kier alpha value is -2.13. The van der Waals surface area contributed by atoms with Crippen LogP contribution in [0.15, 0.2) is 27.5 Å². The molecule has 0 amide bonds. The van der Waals surface area contributed by atoms with E-state index in [-0.39, 0.29) is 10.8 Å². The number of benzene rings is 1. The third-order valence-electron chi connectivity index (χ3n) is 5.18. The molecule has 1 aromatic carbocycles. The van der Waals surface area contributed by atoms with Crippen molar-refractivity contribution in [1.82, 2.24) is 14.5 Å². The summed E-state index contributed by atoms with van der Waals surface area (Å²) < 4.78 is 43.7. The Labute approximate surface area is 158 Å². The first-order valence-corrected chi connectivity index (χ1v) is 10.5. The normalized spacial score (nSPS) is 19.2. The maximum Gasteiger partial charge on any atom is 0.243 e. The minimum Gasteiger partial charge on any atom is -0.493 e. The average Bonchev–Trinajstić information content (AvgIpc) is 3.44. The maximum atomic E-state index is 13.0. The quantitative estimate of drug-likeness (QED) is 0.744. The molecule has 1 aromatic heterocycles. The van der Waals surface area contributed by atoms with Crippen molar-refractivity contribution in [3.05, 3.63) is 30.0 Å². The molecule has 1 aliphatic heterocycles. The largest absolute Gasteiger partial charge is 0.493 e. The van der Waals surface area contributed by atoms with Crippen molar-refractivity contribution in [1.29, 1.82) is 0 Å². The van der Waals surface area contributed by atoms with Crippen molar-refractivity contribution in [2.45, 2.75) is 42.4 Å². The molecule has 0 spiro atoms. The number of sulfonamides is 1. The number of hydrogen-bond donors (Lipinski definition) is 0. The molecular weight excluding hydrogens is 370 g/mol. The fourth-order valence-electron chi connectivity index (χ4n) is 3.38. The fraction of sp³-hybridized carbons (Fsp3) is 0.556. The fourth-order valence-corrected chi connectivity index (χ4v) is 4.86. The van der Waals surface area contributed by atoms with Gasteiger partial charge in [0.2, 0.25) is 21.8 Å². The highest BCUT2D eigenvalue weighted by atomic mass is 32.2. The Bertz CT molecular complexity index is 915. The molecule has 1 saturated heterocycles. The summed E-state index contributed by atoms with van der Waals surface area (Å²) in [5, 5.41) is 8.30. The van der Waals surface area contributed by atoms with Gasteiger partial charge in [0, 0.05) is 31.0 Å². The lowest BCUT2D eigenvalue weighted by molar-refractivity contribution is 0.286. The van der Waals surface area contributed by atoms with Crippen LogP contribution in [0.5, 0.6) is 11.5 Å². The van der Waals surface area contributed by atoms with E-state index in [0.29, 0.717) is 49.2 Å². The van der Waals surface area contributed by atoms with Crippen molar-refractivity contribution >= 4 is 10.0 Å². The van der Waals surface area contributed by atoms with Crippen LogP contribution in [0.1, 0.15) is 49.3 Å². The molecule has 0 bridgehead atoms. The van der Waals surface area contributed by atoms with E-state index in [9.17, 15) is 8.42 Å². The maximum absolute atomic E-state index is 13.0. The monoisotopic (exact) mass is 393 g/mol. The molecule has 2 aromatic rings. The standard InChI is InChI=1S/C18H23N3O5S/c1-24-15-6-5-14(11-16(15)25-2)27(22,23)21-9-7-13(8-10-21)18-20-19-17(26-18)12-3-4-12/h5-6,11-13H,3-4,7-10H2,1-2H3. The Morgan fingerprint density at radius 3 is 2.11 bits per heavy atom. The highest BCUT2D eigenvalue weighted by molar-refractivity contribution is 7.89. The van der Waals surface area contributed by atoms with Crippen LogP contribution < -0.4 is 9.47 Å². The number of piperidine rings is 1. The van der Waals surface area contributed by atoms with Crippen molar-refractivity contribution < 1.29 is 22.3 Å². The average molecular weight is 393 g/mol. The number of aromatic nitrogens is 2. The molecule has 0 N–H and O–H groups in total. The summed E-state index contributed by atoms with van der Waals surface area (Å²) in [5.74, 6) is 2.80. The molecule has 8 nitrogen and oxygen atoms in total. The molecule has 0 unspecified atom stereocenters. The van der Waals surface area contributed by atoms with E-state index in [1.54, 1.807) is 12.1 Å². The zero-order valence-corrected chi connectivity index (χ0v) is 16.2. The lowest BCUT2D eigenvalue weighted by Gasteiger charge is -2.29. The van der Waals surface area contributed by atoms with Gasteiger partial charge in [-0.05, 0) is 37.8 Å². The highest BCUT2D eigenvalue weighted by Crippen LogP contribution is 2.40. The number of ether oxygens (including phenoxy) is 2. The third kappa shape index (κ3) is 3.53. The Kier molecular flexibility index (Phi) is 4.81. The van der Waals surface area contributed by atoms with Crippen LogP contribution in [0.3, 0.4) is 0 Å². The van der Waals surface area contributed by atoms with E-state index in [4.69, 9.17) is 13.9 Å². The van der Waals surface area contributed by atoms with E-state index in [1.807, 2.05) is 0 Å². The van der Waals surface area contributed by atoms with Crippen LogP contribution in [-0.4, -0.2) is 50.2 Å². The summed E-state index contributed by atoms with van der Waals surface area (Å²) >= 11 is 0. The summed E-state index contributed by atoms with van der Waals surface area (Å²) in [5.41, 5.74) is 0. The van der Waals surface area contributed by atoms with Crippen LogP contribution in [0.2, 0.25) is 0 Å². The minimum atomic E-state index is -3.59. The first kappa shape index (κ1) is 18.2. The Morgan fingerprint density at radius 1 is 0.963 bits per heavy atom. The third-order valence-corrected chi connectivity index (χ3v) is 7.07. The van der Waals surface area contributed by atoms with Crippen molar-refractivity contribution in [3.8, 4) is 11.5 Å². The molecule has 1 saturated carbocycles. The van der Waals surface area contributed by atoms with Gasteiger partial charge < -0.3 is 13.9 Å². The van der Waals surface area contributed by atoms with Gasteiger partial charge in [-0.25, -0.2) is 8.42 Å². The number of rotatable bonds is 6. The topological polar surface area (TPSA) is 94.8 Å². The number of nitrogens with zero attached hydrogens (tertiary/aromatic N) is 3. The SMILES string of the molecule is COc1ccc(S(=O)(=O)N2CCC(c3nnc(C4CC4)o3)CC2)cc1OC. The first-order chi connectivity index (χ1) is 13.0. The second-order valence-corrected chi connectivity index (χ2v) is 8.89. The number of methoxy groups -OCH3 is 2. The Morgan fingerprint density at radius 2 is 1.56 bits per heavy atom. The van der Waals surface area contributed by atoms with E-state index < -0.39 is 10.0 Å². The van der Waals surface area contributed by atoms with Gasteiger partial charge in [0.15, 0.2) is 11.5 Å². The molecule has 1 aliphatic carbocycles. The summed E-state index contributed by atoms with van der Waals surface area (Å²) in [6, 6.07) is 4.65. The molecule has 27 heavy (non-hydrogen) atoms. The van der Waals surface area contributed by atoms with Gasteiger partial charge in [0.05, 0.1) is 19.1 Å².